The minimum absolute atomic E-state index is 0.0866. The second-order valence-corrected chi connectivity index (χ2v) is 5.61. The number of halogens is 1. The molecule has 1 aliphatic rings. The van der Waals surface area contributed by atoms with Crippen molar-refractivity contribution < 1.29 is 4.39 Å². The fourth-order valence-electron chi connectivity index (χ4n) is 2.63. The maximum Gasteiger partial charge on any atom is 0.127 e. The Labute approximate surface area is 109 Å². The second-order valence-electron chi connectivity index (χ2n) is 5.61. The molecule has 1 aromatic rings. The standard InChI is InChI=1S/C15H23FN2/c1-12(2)9-14-11-18(8-7-17-14)10-13-5-3-4-6-15(13)16/h3-6,12,14,17H,7-11H2,1-2H3. The van der Waals surface area contributed by atoms with Crippen LogP contribution in [0.3, 0.4) is 0 Å². The zero-order valence-electron chi connectivity index (χ0n) is 11.3. The van der Waals surface area contributed by atoms with Crippen LogP contribution in [0.4, 0.5) is 4.39 Å². The zero-order valence-corrected chi connectivity index (χ0v) is 11.3. The normalized spacial score (nSPS) is 21.4. The van der Waals surface area contributed by atoms with Crippen molar-refractivity contribution in [2.75, 3.05) is 19.6 Å². The molecule has 0 bridgehead atoms. The van der Waals surface area contributed by atoms with Gasteiger partial charge in [0.1, 0.15) is 5.82 Å². The van der Waals surface area contributed by atoms with E-state index in [9.17, 15) is 4.39 Å². The molecule has 3 heteroatoms. The molecule has 1 saturated heterocycles. The first-order valence-electron chi connectivity index (χ1n) is 6.84. The number of nitrogens with one attached hydrogen (secondary N) is 1. The van der Waals surface area contributed by atoms with Gasteiger partial charge < -0.3 is 5.32 Å². The molecule has 1 atom stereocenters. The van der Waals surface area contributed by atoms with Gasteiger partial charge in [-0.2, -0.15) is 0 Å². The largest absolute Gasteiger partial charge is 0.311 e. The summed E-state index contributed by atoms with van der Waals surface area (Å²) in [5.41, 5.74) is 0.808. The van der Waals surface area contributed by atoms with Crippen LogP contribution in [0.25, 0.3) is 0 Å². The predicted octanol–water partition coefficient (Wildman–Crippen LogP) is 2.65. The van der Waals surface area contributed by atoms with Gasteiger partial charge in [0.25, 0.3) is 0 Å². The van der Waals surface area contributed by atoms with Crippen molar-refractivity contribution in [2.24, 2.45) is 5.92 Å². The monoisotopic (exact) mass is 250 g/mol. The molecule has 100 valence electrons. The lowest BCUT2D eigenvalue weighted by Gasteiger charge is -2.34. The van der Waals surface area contributed by atoms with E-state index < -0.39 is 0 Å². The Hall–Kier alpha value is -0.930. The summed E-state index contributed by atoms with van der Waals surface area (Å²) >= 11 is 0. The average molecular weight is 250 g/mol. The number of benzene rings is 1. The van der Waals surface area contributed by atoms with Gasteiger partial charge in [-0.3, -0.25) is 4.90 Å². The summed E-state index contributed by atoms with van der Waals surface area (Å²) < 4.78 is 13.6. The lowest BCUT2D eigenvalue weighted by Crippen LogP contribution is -2.50. The molecule has 0 aromatic heterocycles. The van der Waals surface area contributed by atoms with Crippen molar-refractivity contribution in [1.29, 1.82) is 0 Å². The quantitative estimate of drug-likeness (QED) is 0.883. The van der Waals surface area contributed by atoms with Crippen LogP contribution in [-0.2, 0) is 6.54 Å². The van der Waals surface area contributed by atoms with Crippen molar-refractivity contribution >= 4 is 0 Å². The third kappa shape index (κ3) is 3.79. The Kier molecular flexibility index (Phi) is 4.72. The molecule has 0 radical (unpaired) electrons. The van der Waals surface area contributed by atoms with E-state index in [1.807, 2.05) is 12.1 Å². The van der Waals surface area contributed by atoms with E-state index in [2.05, 4.69) is 24.1 Å². The fourth-order valence-corrected chi connectivity index (χ4v) is 2.63. The lowest BCUT2D eigenvalue weighted by atomic mass is 10.0. The van der Waals surface area contributed by atoms with Crippen molar-refractivity contribution in [3.8, 4) is 0 Å². The van der Waals surface area contributed by atoms with Crippen LogP contribution in [0, 0.1) is 11.7 Å². The molecule has 2 nitrogen and oxygen atoms in total. The van der Waals surface area contributed by atoms with E-state index in [1.54, 1.807) is 12.1 Å². The summed E-state index contributed by atoms with van der Waals surface area (Å²) in [6.45, 7) is 8.25. The Bertz CT molecular complexity index is 379. The molecule has 1 N–H and O–H groups in total. The van der Waals surface area contributed by atoms with Gasteiger partial charge in [0.15, 0.2) is 0 Å². The van der Waals surface area contributed by atoms with Gasteiger partial charge in [-0.15, -0.1) is 0 Å². The number of piperazine rings is 1. The molecule has 1 aromatic carbocycles. The molecule has 0 amide bonds. The summed E-state index contributed by atoms with van der Waals surface area (Å²) in [5.74, 6) is 0.618. The van der Waals surface area contributed by atoms with E-state index in [4.69, 9.17) is 0 Å². The first kappa shape index (κ1) is 13.5. The van der Waals surface area contributed by atoms with Crippen LogP contribution in [0.5, 0.6) is 0 Å². The highest BCUT2D eigenvalue weighted by atomic mass is 19.1. The molecule has 1 fully saturated rings. The van der Waals surface area contributed by atoms with Crippen molar-refractivity contribution in [1.82, 2.24) is 10.2 Å². The molecule has 1 aliphatic heterocycles. The second kappa shape index (κ2) is 6.30. The molecule has 18 heavy (non-hydrogen) atoms. The molecular weight excluding hydrogens is 227 g/mol. The molecular formula is C15H23FN2. The number of hydrogen-bond donors (Lipinski definition) is 1. The lowest BCUT2D eigenvalue weighted by molar-refractivity contribution is 0.178. The van der Waals surface area contributed by atoms with Gasteiger partial charge in [-0.05, 0) is 18.4 Å². The highest BCUT2D eigenvalue weighted by Gasteiger charge is 2.20. The number of hydrogen-bond acceptors (Lipinski definition) is 2. The van der Waals surface area contributed by atoms with Crippen LogP contribution >= 0.6 is 0 Å². The molecule has 0 aliphatic carbocycles. The third-order valence-corrected chi connectivity index (χ3v) is 3.45. The van der Waals surface area contributed by atoms with Crippen LogP contribution in [-0.4, -0.2) is 30.6 Å². The number of rotatable bonds is 4. The molecule has 1 unspecified atom stereocenters. The Morgan fingerprint density at radius 2 is 2.17 bits per heavy atom. The first-order valence-corrected chi connectivity index (χ1v) is 6.84. The van der Waals surface area contributed by atoms with Gasteiger partial charge in [-0.25, -0.2) is 4.39 Å². The average Bonchev–Trinajstić information content (AvgIpc) is 2.32. The fraction of sp³-hybridized carbons (Fsp3) is 0.600. The minimum Gasteiger partial charge on any atom is -0.311 e. The van der Waals surface area contributed by atoms with E-state index >= 15 is 0 Å². The maximum atomic E-state index is 13.6. The van der Waals surface area contributed by atoms with Crippen LogP contribution < -0.4 is 5.32 Å². The summed E-state index contributed by atoms with van der Waals surface area (Å²) in [4.78, 5) is 2.35. The maximum absolute atomic E-state index is 13.6. The van der Waals surface area contributed by atoms with Gasteiger partial charge >= 0.3 is 0 Å². The highest BCUT2D eigenvalue weighted by Crippen LogP contribution is 2.14. The van der Waals surface area contributed by atoms with Crippen molar-refractivity contribution in [3.05, 3.63) is 35.6 Å². The Morgan fingerprint density at radius 3 is 2.89 bits per heavy atom. The van der Waals surface area contributed by atoms with Crippen molar-refractivity contribution in [2.45, 2.75) is 32.9 Å². The van der Waals surface area contributed by atoms with Gasteiger partial charge in [0, 0.05) is 37.8 Å². The Balaban J connectivity index is 1.91. The van der Waals surface area contributed by atoms with Crippen LogP contribution in [0.2, 0.25) is 0 Å². The predicted molar refractivity (Wildman–Crippen MR) is 72.9 cm³/mol. The summed E-state index contributed by atoms with van der Waals surface area (Å²) in [5, 5.41) is 3.55. The summed E-state index contributed by atoms with van der Waals surface area (Å²) in [6, 6.07) is 7.63. The summed E-state index contributed by atoms with van der Waals surface area (Å²) in [7, 11) is 0. The number of nitrogens with zero attached hydrogens (tertiary/aromatic N) is 1. The molecule has 1 heterocycles. The van der Waals surface area contributed by atoms with Gasteiger partial charge in [-0.1, -0.05) is 32.0 Å². The van der Waals surface area contributed by atoms with Crippen LogP contribution in [0.1, 0.15) is 25.8 Å². The Morgan fingerprint density at radius 1 is 1.39 bits per heavy atom. The first-order chi connectivity index (χ1) is 8.65. The molecule has 0 saturated carbocycles. The SMILES string of the molecule is CC(C)CC1CN(Cc2ccccc2F)CCN1. The molecule has 0 spiro atoms. The van der Waals surface area contributed by atoms with Gasteiger partial charge in [0.2, 0.25) is 0 Å². The molecule has 2 rings (SSSR count). The zero-order chi connectivity index (χ0) is 13.0. The summed E-state index contributed by atoms with van der Waals surface area (Å²) in [6.07, 6.45) is 1.19. The van der Waals surface area contributed by atoms with Crippen LogP contribution in [0.15, 0.2) is 24.3 Å². The topological polar surface area (TPSA) is 15.3 Å². The minimum atomic E-state index is -0.0866. The van der Waals surface area contributed by atoms with E-state index in [0.29, 0.717) is 12.0 Å². The smallest absolute Gasteiger partial charge is 0.127 e. The highest BCUT2D eigenvalue weighted by molar-refractivity contribution is 5.17. The third-order valence-electron chi connectivity index (χ3n) is 3.45. The van der Waals surface area contributed by atoms with E-state index in [0.717, 1.165) is 31.7 Å². The van der Waals surface area contributed by atoms with Gasteiger partial charge in [0.05, 0.1) is 0 Å². The van der Waals surface area contributed by atoms with E-state index in [1.165, 1.54) is 6.42 Å². The van der Waals surface area contributed by atoms with Crippen molar-refractivity contribution in [3.63, 3.8) is 0 Å². The van der Waals surface area contributed by atoms with E-state index in [-0.39, 0.29) is 5.82 Å².